The highest BCUT2D eigenvalue weighted by atomic mass is 16.5. The second-order valence-electron chi connectivity index (χ2n) is 4.52. The second-order valence-corrected chi connectivity index (χ2v) is 4.52. The van der Waals surface area contributed by atoms with Crippen LogP contribution in [0.15, 0.2) is 18.2 Å². The molecular weight excluding hydrogens is 244 g/mol. The number of esters is 1. The Hall–Kier alpha value is -2.22. The van der Waals surface area contributed by atoms with E-state index in [1.165, 1.54) is 7.11 Å². The zero-order valence-corrected chi connectivity index (χ0v) is 11.2. The monoisotopic (exact) mass is 260 g/mol. The molecule has 0 fully saturated rings. The van der Waals surface area contributed by atoms with Gasteiger partial charge in [0.15, 0.2) is 5.75 Å². The molecule has 0 radical (unpaired) electrons. The Labute approximate surface area is 112 Å². The Morgan fingerprint density at radius 3 is 2.95 bits per heavy atom. The fourth-order valence-electron chi connectivity index (χ4n) is 2.22. The summed E-state index contributed by atoms with van der Waals surface area (Å²) in [5, 5.41) is 8.86. The van der Waals surface area contributed by atoms with Crippen LogP contribution >= 0.6 is 0 Å². The van der Waals surface area contributed by atoms with Gasteiger partial charge in [-0.1, -0.05) is 6.07 Å². The van der Waals surface area contributed by atoms with Gasteiger partial charge in [-0.3, -0.25) is 0 Å². The van der Waals surface area contributed by atoms with Crippen LogP contribution in [0, 0.1) is 11.3 Å². The average Bonchev–Trinajstić information content (AvgIpc) is 2.43. The maximum Gasteiger partial charge on any atom is 0.341 e. The molecule has 5 heteroatoms. The van der Waals surface area contributed by atoms with Crippen molar-refractivity contribution in [3.8, 4) is 11.8 Å². The maximum atomic E-state index is 11.8. The number of rotatable bonds is 2. The topological polar surface area (TPSA) is 62.6 Å². The predicted molar refractivity (Wildman–Crippen MR) is 70.3 cm³/mol. The lowest BCUT2D eigenvalue weighted by Gasteiger charge is -2.39. The van der Waals surface area contributed by atoms with E-state index in [-0.39, 0.29) is 18.6 Å². The van der Waals surface area contributed by atoms with Crippen molar-refractivity contribution >= 4 is 11.7 Å². The van der Waals surface area contributed by atoms with Gasteiger partial charge in [-0.25, -0.2) is 4.79 Å². The SMILES string of the molecule is COC(=O)c1cccc2c1OC(CC#N)C(C)N2C. The summed E-state index contributed by atoms with van der Waals surface area (Å²) in [6.45, 7) is 2.00. The van der Waals surface area contributed by atoms with E-state index < -0.39 is 5.97 Å². The molecule has 5 nitrogen and oxygen atoms in total. The zero-order valence-electron chi connectivity index (χ0n) is 11.2. The molecule has 19 heavy (non-hydrogen) atoms. The minimum Gasteiger partial charge on any atom is -0.484 e. The molecule has 1 aliphatic rings. The molecular formula is C14H16N2O3. The number of ether oxygens (including phenoxy) is 2. The third kappa shape index (κ3) is 2.22. The summed E-state index contributed by atoms with van der Waals surface area (Å²) < 4.78 is 10.6. The molecule has 0 aromatic heterocycles. The van der Waals surface area contributed by atoms with Crippen molar-refractivity contribution in [1.82, 2.24) is 0 Å². The molecule has 1 aliphatic heterocycles. The van der Waals surface area contributed by atoms with Gasteiger partial charge in [-0.05, 0) is 19.1 Å². The fraction of sp³-hybridized carbons (Fsp3) is 0.429. The van der Waals surface area contributed by atoms with E-state index in [4.69, 9.17) is 14.7 Å². The zero-order chi connectivity index (χ0) is 14.0. The summed E-state index contributed by atoms with van der Waals surface area (Å²) in [6, 6.07) is 7.53. The number of hydrogen-bond donors (Lipinski definition) is 0. The van der Waals surface area contributed by atoms with Gasteiger partial charge in [0.1, 0.15) is 11.7 Å². The fourth-order valence-corrected chi connectivity index (χ4v) is 2.22. The maximum absolute atomic E-state index is 11.8. The van der Waals surface area contributed by atoms with Crippen molar-refractivity contribution in [3.63, 3.8) is 0 Å². The number of fused-ring (bicyclic) bond motifs is 1. The van der Waals surface area contributed by atoms with E-state index in [0.717, 1.165) is 5.69 Å². The van der Waals surface area contributed by atoms with Crippen LogP contribution in [0.4, 0.5) is 5.69 Å². The van der Waals surface area contributed by atoms with E-state index in [2.05, 4.69) is 6.07 Å². The van der Waals surface area contributed by atoms with Gasteiger partial charge < -0.3 is 14.4 Å². The van der Waals surface area contributed by atoms with Crippen LogP contribution in [-0.4, -0.2) is 32.3 Å². The first-order valence-electron chi connectivity index (χ1n) is 6.08. The summed E-state index contributed by atoms with van der Waals surface area (Å²) in [7, 11) is 3.26. The van der Waals surface area contributed by atoms with Crippen LogP contribution in [0.25, 0.3) is 0 Å². The third-order valence-corrected chi connectivity index (χ3v) is 3.49. The highest BCUT2D eigenvalue weighted by Crippen LogP contribution is 2.39. The van der Waals surface area contributed by atoms with Crippen LogP contribution in [0.2, 0.25) is 0 Å². The van der Waals surface area contributed by atoms with E-state index in [0.29, 0.717) is 11.3 Å². The Bertz CT molecular complexity index is 536. The lowest BCUT2D eigenvalue weighted by molar-refractivity contribution is 0.0590. The number of anilines is 1. The second kappa shape index (κ2) is 5.19. The normalized spacial score (nSPS) is 21.1. The molecule has 0 saturated heterocycles. The molecule has 0 saturated carbocycles. The van der Waals surface area contributed by atoms with Crippen LogP contribution in [0.3, 0.4) is 0 Å². The van der Waals surface area contributed by atoms with Crippen LogP contribution < -0.4 is 9.64 Å². The molecule has 0 N–H and O–H groups in total. The summed E-state index contributed by atoms with van der Waals surface area (Å²) in [4.78, 5) is 13.8. The molecule has 1 aromatic carbocycles. The van der Waals surface area contributed by atoms with E-state index in [9.17, 15) is 4.79 Å². The standard InChI is InChI=1S/C14H16N2O3/c1-9-12(7-8-15)19-13-10(14(17)18-3)5-4-6-11(13)16(9)2/h4-6,9,12H,7H2,1-3H3. The smallest absolute Gasteiger partial charge is 0.341 e. The van der Waals surface area contributed by atoms with Gasteiger partial charge >= 0.3 is 5.97 Å². The minimum atomic E-state index is -0.435. The van der Waals surface area contributed by atoms with Crippen molar-refractivity contribution < 1.29 is 14.3 Å². The largest absolute Gasteiger partial charge is 0.484 e. The molecule has 2 rings (SSSR count). The average molecular weight is 260 g/mol. The molecule has 2 unspecified atom stereocenters. The van der Waals surface area contributed by atoms with Gasteiger partial charge in [-0.2, -0.15) is 5.26 Å². The highest BCUT2D eigenvalue weighted by Gasteiger charge is 2.33. The van der Waals surface area contributed by atoms with Gasteiger partial charge in [-0.15, -0.1) is 0 Å². The number of methoxy groups -OCH3 is 1. The number of likely N-dealkylation sites (N-methyl/N-ethyl adjacent to an activating group) is 1. The summed E-state index contributed by atoms with van der Waals surface area (Å²) in [5.74, 6) is 0.0608. The minimum absolute atomic E-state index is 0.0695. The predicted octanol–water partition coefficient (Wildman–Crippen LogP) is 1.97. The molecule has 1 heterocycles. The van der Waals surface area contributed by atoms with Crippen LogP contribution in [-0.2, 0) is 4.74 Å². The lowest BCUT2D eigenvalue weighted by atomic mass is 10.0. The molecule has 1 aromatic rings. The van der Waals surface area contributed by atoms with Crippen molar-refractivity contribution in [2.45, 2.75) is 25.5 Å². The molecule has 0 amide bonds. The summed E-state index contributed by atoms with van der Waals surface area (Å²) in [5.41, 5.74) is 1.23. The van der Waals surface area contributed by atoms with Crippen molar-refractivity contribution in [1.29, 1.82) is 5.26 Å². The van der Waals surface area contributed by atoms with Gasteiger partial charge in [0.2, 0.25) is 0 Å². The molecule has 2 atom stereocenters. The molecule has 0 bridgehead atoms. The number of benzene rings is 1. The number of nitrogens with zero attached hydrogens (tertiary/aromatic N) is 2. The number of hydrogen-bond acceptors (Lipinski definition) is 5. The first-order chi connectivity index (χ1) is 9.10. The number of nitriles is 1. The Morgan fingerprint density at radius 1 is 1.58 bits per heavy atom. The van der Waals surface area contributed by atoms with Crippen LogP contribution in [0.5, 0.6) is 5.75 Å². The van der Waals surface area contributed by atoms with Gasteiger partial charge in [0.05, 0.1) is 31.3 Å². The Balaban J connectivity index is 2.47. The van der Waals surface area contributed by atoms with E-state index in [1.807, 2.05) is 24.9 Å². The Morgan fingerprint density at radius 2 is 2.32 bits per heavy atom. The van der Waals surface area contributed by atoms with Gasteiger partial charge in [0, 0.05) is 7.05 Å². The quantitative estimate of drug-likeness (QED) is 0.761. The van der Waals surface area contributed by atoms with Crippen molar-refractivity contribution in [3.05, 3.63) is 23.8 Å². The van der Waals surface area contributed by atoms with E-state index >= 15 is 0 Å². The number of carbonyl (C=O) groups excluding carboxylic acids is 1. The summed E-state index contributed by atoms with van der Waals surface area (Å²) in [6.07, 6.45) is 0.0220. The van der Waals surface area contributed by atoms with E-state index in [1.54, 1.807) is 12.1 Å². The van der Waals surface area contributed by atoms with Crippen LogP contribution in [0.1, 0.15) is 23.7 Å². The Kier molecular flexibility index (Phi) is 3.61. The van der Waals surface area contributed by atoms with Crippen molar-refractivity contribution in [2.24, 2.45) is 0 Å². The molecule has 0 spiro atoms. The van der Waals surface area contributed by atoms with Crippen molar-refractivity contribution in [2.75, 3.05) is 19.1 Å². The highest BCUT2D eigenvalue weighted by molar-refractivity contribution is 5.95. The first-order valence-corrected chi connectivity index (χ1v) is 6.08. The number of para-hydroxylation sites is 1. The lowest BCUT2D eigenvalue weighted by Crippen LogP contribution is -2.46. The third-order valence-electron chi connectivity index (χ3n) is 3.49. The molecule has 0 aliphatic carbocycles. The summed E-state index contributed by atoms with van der Waals surface area (Å²) >= 11 is 0. The molecule has 100 valence electrons. The number of carbonyl (C=O) groups is 1. The first kappa shape index (κ1) is 13.2. The van der Waals surface area contributed by atoms with Gasteiger partial charge in [0.25, 0.3) is 0 Å².